The number of aryl methyl sites for hydroxylation is 1. The highest BCUT2D eigenvalue weighted by molar-refractivity contribution is 6.39. The Balaban J connectivity index is 1.70. The SMILES string of the molecule is Cc1ccc(N2C(=O)NC(=O)/C(=C\c3cccn3-c3ccc(N(C)C)cc3)C2=O)cc1. The van der Waals surface area contributed by atoms with Gasteiger partial charge in [-0.25, -0.2) is 9.69 Å². The number of aromatic nitrogens is 1. The summed E-state index contributed by atoms with van der Waals surface area (Å²) in [4.78, 5) is 40.9. The van der Waals surface area contributed by atoms with Gasteiger partial charge in [0.05, 0.1) is 5.69 Å². The second kappa shape index (κ2) is 7.95. The summed E-state index contributed by atoms with van der Waals surface area (Å²) in [7, 11) is 3.93. The molecule has 0 bridgehead atoms. The van der Waals surface area contributed by atoms with Crippen LogP contribution in [0.2, 0.25) is 0 Å². The van der Waals surface area contributed by atoms with E-state index in [2.05, 4.69) is 5.32 Å². The Morgan fingerprint density at radius 2 is 1.52 bits per heavy atom. The van der Waals surface area contributed by atoms with Gasteiger partial charge in [-0.3, -0.25) is 14.9 Å². The number of urea groups is 1. The Labute approximate surface area is 180 Å². The van der Waals surface area contributed by atoms with Crippen molar-refractivity contribution in [2.45, 2.75) is 6.92 Å². The number of carbonyl (C=O) groups excluding carboxylic acids is 3. The van der Waals surface area contributed by atoms with Crippen molar-refractivity contribution in [1.29, 1.82) is 0 Å². The predicted molar refractivity (Wildman–Crippen MR) is 120 cm³/mol. The number of amides is 4. The molecule has 0 atom stereocenters. The zero-order chi connectivity index (χ0) is 22.1. The average Bonchev–Trinajstić information content (AvgIpc) is 3.20. The van der Waals surface area contributed by atoms with E-state index in [-0.39, 0.29) is 5.57 Å². The van der Waals surface area contributed by atoms with Gasteiger partial charge in [0.2, 0.25) is 0 Å². The first-order valence-electron chi connectivity index (χ1n) is 9.78. The zero-order valence-corrected chi connectivity index (χ0v) is 17.5. The number of benzene rings is 2. The Kier molecular flexibility index (Phi) is 5.17. The summed E-state index contributed by atoms with van der Waals surface area (Å²) in [6.07, 6.45) is 3.36. The third kappa shape index (κ3) is 3.85. The minimum Gasteiger partial charge on any atom is -0.378 e. The van der Waals surface area contributed by atoms with Gasteiger partial charge in [0, 0.05) is 37.4 Å². The lowest BCUT2D eigenvalue weighted by Crippen LogP contribution is -2.54. The molecule has 1 N–H and O–H groups in total. The minimum absolute atomic E-state index is 0.106. The number of hydrogen-bond donors (Lipinski definition) is 1. The second-order valence-electron chi connectivity index (χ2n) is 7.51. The van der Waals surface area contributed by atoms with E-state index in [4.69, 9.17) is 0 Å². The first kappa shape index (κ1) is 20.2. The summed E-state index contributed by atoms with van der Waals surface area (Å²) in [5, 5.41) is 2.26. The fourth-order valence-electron chi connectivity index (χ4n) is 3.39. The molecule has 0 unspecified atom stereocenters. The van der Waals surface area contributed by atoms with Crippen molar-refractivity contribution in [3.63, 3.8) is 0 Å². The van der Waals surface area contributed by atoms with Crippen LogP contribution in [0.15, 0.2) is 72.4 Å². The molecule has 4 rings (SSSR count). The van der Waals surface area contributed by atoms with Crippen molar-refractivity contribution in [2.24, 2.45) is 0 Å². The van der Waals surface area contributed by atoms with Crippen molar-refractivity contribution in [3.8, 4) is 5.69 Å². The number of imide groups is 2. The molecule has 3 aromatic rings. The number of barbiturate groups is 1. The van der Waals surface area contributed by atoms with E-state index >= 15 is 0 Å². The molecule has 0 radical (unpaired) electrons. The molecule has 2 heterocycles. The monoisotopic (exact) mass is 414 g/mol. The molecule has 7 heteroatoms. The molecule has 1 aliphatic rings. The van der Waals surface area contributed by atoms with Gasteiger partial charge in [-0.2, -0.15) is 0 Å². The van der Waals surface area contributed by atoms with E-state index in [9.17, 15) is 14.4 Å². The van der Waals surface area contributed by atoms with Gasteiger partial charge in [0.25, 0.3) is 11.8 Å². The second-order valence-corrected chi connectivity index (χ2v) is 7.51. The molecule has 0 aliphatic carbocycles. The van der Waals surface area contributed by atoms with Gasteiger partial charge >= 0.3 is 6.03 Å². The molecule has 1 aliphatic heterocycles. The Morgan fingerprint density at radius 1 is 0.871 bits per heavy atom. The van der Waals surface area contributed by atoms with Crippen LogP contribution in [0, 0.1) is 6.92 Å². The standard InChI is InChI=1S/C24H22N4O3/c1-16-6-8-19(9-7-16)28-23(30)21(22(29)25-24(28)31)15-20-5-4-14-27(20)18-12-10-17(11-13-18)26(2)3/h4-15H,1-3H3,(H,25,29,31)/b21-15+. The largest absolute Gasteiger partial charge is 0.378 e. The van der Waals surface area contributed by atoms with Crippen LogP contribution in [0.25, 0.3) is 11.8 Å². The highest BCUT2D eigenvalue weighted by Crippen LogP contribution is 2.24. The summed E-state index contributed by atoms with van der Waals surface area (Å²) < 4.78 is 1.87. The summed E-state index contributed by atoms with van der Waals surface area (Å²) in [6.45, 7) is 1.91. The topological polar surface area (TPSA) is 74.7 Å². The number of nitrogens with zero attached hydrogens (tertiary/aromatic N) is 3. The van der Waals surface area contributed by atoms with E-state index in [1.807, 2.05) is 67.0 Å². The first-order chi connectivity index (χ1) is 14.8. The lowest BCUT2D eigenvalue weighted by Gasteiger charge is -2.26. The summed E-state index contributed by atoms with van der Waals surface area (Å²) >= 11 is 0. The van der Waals surface area contributed by atoms with Crippen molar-refractivity contribution in [1.82, 2.24) is 9.88 Å². The predicted octanol–water partition coefficient (Wildman–Crippen LogP) is 3.52. The van der Waals surface area contributed by atoms with Crippen molar-refractivity contribution in [3.05, 3.63) is 83.7 Å². The average molecular weight is 414 g/mol. The number of carbonyl (C=O) groups is 3. The maximum atomic E-state index is 13.1. The van der Waals surface area contributed by atoms with Crippen LogP contribution in [0.3, 0.4) is 0 Å². The van der Waals surface area contributed by atoms with E-state index < -0.39 is 17.8 Å². The summed E-state index contributed by atoms with van der Waals surface area (Å²) in [6, 6.07) is 17.7. The summed E-state index contributed by atoms with van der Waals surface area (Å²) in [5.41, 5.74) is 3.89. The third-order valence-corrected chi connectivity index (χ3v) is 5.11. The van der Waals surface area contributed by atoms with E-state index in [0.29, 0.717) is 11.4 Å². The minimum atomic E-state index is -0.759. The van der Waals surface area contributed by atoms with Gasteiger partial charge in [0.1, 0.15) is 5.57 Å². The van der Waals surface area contributed by atoms with Crippen molar-refractivity contribution >= 4 is 35.3 Å². The fourth-order valence-corrected chi connectivity index (χ4v) is 3.39. The Bertz CT molecular complexity index is 1190. The summed E-state index contributed by atoms with van der Waals surface area (Å²) in [5.74, 6) is -1.37. The smallest absolute Gasteiger partial charge is 0.335 e. The van der Waals surface area contributed by atoms with Crippen LogP contribution >= 0.6 is 0 Å². The quantitative estimate of drug-likeness (QED) is 0.524. The van der Waals surface area contributed by atoms with Crippen molar-refractivity contribution < 1.29 is 14.4 Å². The van der Waals surface area contributed by atoms with Gasteiger partial charge in [0.15, 0.2) is 0 Å². The molecular formula is C24H22N4O3. The molecule has 1 saturated heterocycles. The zero-order valence-electron chi connectivity index (χ0n) is 17.5. The number of rotatable bonds is 4. The lowest BCUT2D eigenvalue weighted by molar-refractivity contribution is -0.122. The highest BCUT2D eigenvalue weighted by atomic mass is 16.2. The maximum Gasteiger partial charge on any atom is 0.335 e. The maximum absolute atomic E-state index is 13.1. The lowest BCUT2D eigenvalue weighted by atomic mass is 10.1. The molecule has 7 nitrogen and oxygen atoms in total. The molecule has 1 fully saturated rings. The van der Waals surface area contributed by atoms with E-state index in [1.165, 1.54) is 6.08 Å². The van der Waals surface area contributed by atoms with Gasteiger partial charge < -0.3 is 9.47 Å². The molecule has 0 saturated carbocycles. The highest BCUT2D eigenvalue weighted by Gasteiger charge is 2.36. The van der Waals surface area contributed by atoms with Crippen molar-refractivity contribution in [2.75, 3.05) is 23.9 Å². The molecule has 156 valence electrons. The molecular weight excluding hydrogens is 392 g/mol. The van der Waals surface area contributed by atoms with Crippen LogP contribution in [-0.2, 0) is 9.59 Å². The van der Waals surface area contributed by atoms with Gasteiger partial charge in [-0.1, -0.05) is 17.7 Å². The first-order valence-corrected chi connectivity index (χ1v) is 9.78. The normalized spacial score (nSPS) is 15.4. The van der Waals surface area contributed by atoms with Crippen LogP contribution in [0.4, 0.5) is 16.2 Å². The Hall–Kier alpha value is -4.13. The van der Waals surface area contributed by atoms with Crippen LogP contribution < -0.4 is 15.1 Å². The number of hydrogen-bond acceptors (Lipinski definition) is 4. The fraction of sp³-hybridized carbons (Fsp3) is 0.125. The Morgan fingerprint density at radius 3 is 2.16 bits per heavy atom. The number of anilines is 2. The van der Waals surface area contributed by atoms with E-state index in [0.717, 1.165) is 21.8 Å². The third-order valence-electron chi connectivity index (χ3n) is 5.11. The molecule has 2 aromatic carbocycles. The molecule has 4 amide bonds. The van der Waals surface area contributed by atoms with Crippen LogP contribution in [-0.4, -0.2) is 36.5 Å². The van der Waals surface area contributed by atoms with E-state index in [1.54, 1.807) is 30.3 Å². The van der Waals surface area contributed by atoms with Gasteiger partial charge in [-0.15, -0.1) is 0 Å². The van der Waals surface area contributed by atoms with Gasteiger partial charge in [-0.05, 0) is 61.5 Å². The molecule has 0 spiro atoms. The number of nitrogens with one attached hydrogen (secondary N) is 1. The molecule has 1 aromatic heterocycles. The van der Waals surface area contributed by atoms with Crippen LogP contribution in [0.1, 0.15) is 11.3 Å². The molecule has 31 heavy (non-hydrogen) atoms. The van der Waals surface area contributed by atoms with Crippen LogP contribution in [0.5, 0.6) is 0 Å².